The molecule has 202 valence electrons. The van der Waals surface area contributed by atoms with Crippen LogP contribution in [0.25, 0.3) is 0 Å². The van der Waals surface area contributed by atoms with Gasteiger partial charge in [-0.15, -0.1) is 0 Å². The quantitative estimate of drug-likeness (QED) is 0.259. The topological polar surface area (TPSA) is 108 Å². The number of carbonyl (C=O) groups excluding carboxylic acids is 1. The number of benzene rings is 1. The summed E-state index contributed by atoms with van der Waals surface area (Å²) in [7, 11) is -2.18. The first-order valence-electron chi connectivity index (χ1n) is 12.5. The van der Waals surface area contributed by atoms with Crippen LogP contribution in [0, 0.1) is 11.7 Å². The second-order valence-corrected chi connectivity index (χ2v) is 11.4. The summed E-state index contributed by atoms with van der Waals surface area (Å²) in [6.45, 7) is 9.84. The number of nitrogens with one attached hydrogen (secondary N) is 2. The van der Waals surface area contributed by atoms with Gasteiger partial charge in [-0.3, -0.25) is 4.79 Å². The summed E-state index contributed by atoms with van der Waals surface area (Å²) in [4.78, 5) is 12.7. The van der Waals surface area contributed by atoms with Crippen molar-refractivity contribution in [2.75, 3.05) is 39.0 Å². The van der Waals surface area contributed by atoms with Crippen LogP contribution in [0.5, 0.6) is 5.75 Å². The van der Waals surface area contributed by atoms with Crippen LogP contribution in [0.1, 0.15) is 58.9 Å². The zero-order valence-electron chi connectivity index (χ0n) is 21.8. The van der Waals surface area contributed by atoms with Crippen molar-refractivity contribution in [3.8, 4) is 5.75 Å². The van der Waals surface area contributed by atoms with Gasteiger partial charge in [0, 0.05) is 26.1 Å². The van der Waals surface area contributed by atoms with Crippen LogP contribution >= 0.6 is 0 Å². The Morgan fingerprint density at radius 1 is 1.20 bits per heavy atom. The van der Waals surface area contributed by atoms with E-state index in [1.807, 2.05) is 13.8 Å². The number of hydrogen-bond acceptors (Lipinski definition) is 6. The summed E-state index contributed by atoms with van der Waals surface area (Å²) in [5.41, 5.74) is 0.583. The lowest BCUT2D eigenvalue weighted by Crippen LogP contribution is -2.49. The minimum absolute atomic E-state index is 0.110. The minimum atomic E-state index is -3.56. The highest BCUT2D eigenvalue weighted by atomic mass is 32.2. The molecule has 8 nitrogen and oxygen atoms in total. The molecule has 0 saturated carbocycles. The van der Waals surface area contributed by atoms with Crippen molar-refractivity contribution < 1.29 is 27.4 Å². The van der Waals surface area contributed by atoms with E-state index in [0.717, 1.165) is 13.0 Å². The lowest BCUT2D eigenvalue weighted by Gasteiger charge is -2.26. The van der Waals surface area contributed by atoms with Gasteiger partial charge < -0.3 is 20.5 Å². The monoisotopic (exact) mass is 517 g/mol. The minimum Gasteiger partial charge on any atom is -0.494 e. The molecule has 0 saturated heterocycles. The number of hydrogen-bond donors (Lipinski definition) is 3. The molecule has 2 atom stereocenters. The Kier molecular flexibility index (Phi) is 14.4. The molecule has 0 aromatic heterocycles. The van der Waals surface area contributed by atoms with Crippen molar-refractivity contribution in [1.29, 1.82) is 0 Å². The van der Waals surface area contributed by atoms with Crippen LogP contribution in [0.2, 0.25) is 0 Å². The van der Waals surface area contributed by atoms with Gasteiger partial charge in [0.15, 0.2) is 11.6 Å². The summed E-state index contributed by atoms with van der Waals surface area (Å²) >= 11 is 0. The lowest BCUT2D eigenvalue weighted by atomic mass is 10.00. The Balaban J connectivity index is 2.87. The highest BCUT2D eigenvalue weighted by Crippen LogP contribution is 2.19. The molecule has 10 heteroatoms. The Morgan fingerprint density at radius 2 is 1.86 bits per heavy atom. The van der Waals surface area contributed by atoms with Crippen LogP contribution in [0.15, 0.2) is 18.2 Å². The van der Waals surface area contributed by atoms with Gasteiger partial charge in [-0.25, -0.2) is 17.1 Å². The van der Waals surface area contributed by atoms with Crippen LogP contribution in [-0.2, 0) is 21.2 Å². The van der Waals surface area contributed by atoms with Gasteiger partial charge in [0.2, 0.25) is 15.9 Å². The second-order valence-electron chi connectivity index (χ2n) is 9.27. The number of aliphatic hydroxyl groups is 1. The molecule has 0 unspecified atom stereocenters. The standard InChI is InChI=1S/C25H44FN3O5S/c1-6-13-29(14-7-2)35(32,33)15-11-25(31)28-22(23(30)18-27-12-10-19(3)4)17-20-8-9-24(34-5)21(26)16-20/h8-9,16,19,22-23,27,30H,6-7,10-15,17-18H2,1-5H3,(H,28,31)/t22-,23+/m0/s1. The molecule has 35 heavy (non-hydrogen) atoms. The van der Waals surface area contributed by atoms with Gasteiger partial charge in [-0.1, -0.05) is 33.8 Å². The Bertz CT molecular complexity index is 861. The fourth-order valence-corrected chi connectivity index (χ4v) is 5.30. The van der Waals surface area contributed by atoms with Gasteiger partial charge in [-0.05, 0) is 55.8 Å². The fourth-order valence-electron chi connectivity index (χ4n) is 3.68. The molecule has 0 heterocycles. The van der Waals surface area contributed by atoms with E-state index < -0.39 is 33.9 Å². The predicted molar refractivity (Wildman–Crippen MR) is 137 cm³/mol. The van der Waals surface area contributed by atoms with Crippen LogP contribution in [0.4, 0.5) is 4.39 Å². The number of methoxy groups -OCH3 is 1. The van der Waals surface area contributed by atoms with Gasteiger partial charge >= 0.3 is 0 Å². The number of amides is 1. The van der Waals surface area contributed by atoms with Gasteiger partial charge in [0.1, 0.15) is 0 Å². The second kappa shape index (κ2) is 16.1. The first-order valence-corrected chi connectivity index (χ1v) is 14.1. The maximum atomic E-state index is 14.2. The van der Waals surface area contributed by atoms with Gasteiger partial charge in [0.25, 0.3) is 0 Å². The zero-order chi connectivity index (χ0) is 26.4. The van der Waals surface area contributed by atoms with E-state index in [-0.39, 0.29) is 30.9 Å². The molecular formula is C25H44FN3O5S. The number of rotatable bonds is 18. The molecule has 0 aliphatic heterocycles. The number of aliphatic hydroxyl groups excluding tert-OH is 1. The number of nitrogens with zero attached hydrogens (tertiary/aromatic N) is 1. The van der Waals surface area contributed by atoms with Crippen molar-refractivity contribution in [3.05, 3.63) is 29.6 Å². The summed E-state index contributed by atoms with van der Waals surface area (Å²) < 4.78 is 45.9. The molecule has 0 aliphatic rings. The van der Waals surface area contributed by atoms with E-state index in [4.69, 9.17) is 4.74 Å². The van der Waals surface area contributed by atoms with E-state index >= 15 is 0 Å². The molecule has 3 N–H and O–H groups in total. The predicted octanol–water partition coefficient (Wildman–Crippen LogP) is 2.70. The average Bonchev–Trinajstić information content (AvgIpc) is 2.80. The lowest BCUT2D eigenvalue weighted by molar-refractivity contribution is -0.122. The molecule has 1 amide bonds. The highest BCUT2D eigenvalue weighted by molar-refractivity contribution is 7.89. The molecule has 0 radical (unpaired) electrons. The molecule has 1 aromatic carbocycles. The van der Waals surface area contributed by atoms with E-state index in [2.05, 4.69) is 24.5 Å². The molecule has 0 spiro atoms. The third-order valence-electron chi connectivity index (χ3n) is 5.66. The number of ether oxygens (including phenoxy) is 1. The van der Waals surface area contributed by atoms with Crippen molar-refractivity contribution >= 4 is 15.9 Å². The van der Waals surface area contributed by atoms with Crippen molar-refractivity contribution in [1.82, 2.24) is 14.9 Å². The fraction of sp³-hybridized carbons (Fsp3) is 0.720. The number of halogens is 1. The maximum absolute atomic E-state index is 14.2. The van der Waals surface area contributed by atoms with Crippen LogP contribution in [-0.4, -0.2) is 74.9 Å². The number of carbonyl (C=O) groups is 1. The van der Waals surface area contributed by atoms with E-state index in [1.165, 1.54) is 23.5 Å². The van der Waals surface area contributed by atoms with Crippen LogP contribution < -0.4 is 15.4 Å². The van der Waals surface area contributed by atoms with Gasteiger partial charge in [0.05, 0.1) is 25.0 Å². The van der Waals surface area contributed by atoms with E-state index in [0.29, 0.717) is 37.4 Å². The summed E-state index contributed by atoms with van der Waals surface area (Å²) in [6.07, 6.45) is 1.36. The van der Waals surface area contributed by atoms with E-state index in [1.54, 1.807) is 6.07 Å². The maximum Gasteiger partial charge on any atom is 0.221 e. The SMILES string of the molecule is CCCN(CCC)S(=O)(=O)CCC(=O)N[C@@H](Cc1ccc(OC)c(F)c1)[C@H](O)CNCCC(C)C. The summed E-state index contributed by atoms with van der Waals surface area (Å²) in [5.74, 6) is -0.677. The smallest absolute Gasteiger partial charge is 0.221 e. The highest BCUT2D eigenvalue weighted by Gasteiger charge is 2.25. The third-order valence-corrected chi connectivity index (χ3v) is 7.53. The largest absolute Gasteiger partial charge is 0.494 e. The van der Waals surface area contributed by atoms with Crippen molar-refractivity contribution in [3.63, 3.8) is 0 Å². The molecule has 1 rings (SSSR count). The Morgan fingerprint density at radius 3 is 2.40 bits per heavy atom. The van der Waals surface area contributed by atoms with Crippen molar-refractivity contribution in [2.24, 2.45) is 5.92 Å². The zero-order valence-corrected chi connectivity index (χ0v) is 22.7. The molecule has 1 aromatic rings. The average molecular weight is 518 g/mol. The first-order chi connectivity index (χ1) is 16.5. The molecule has 0 fully saturated rings. The Labute approximate surface area is 210 Å². The number of sulfonamides is 1. The van der Waals surface area contributed by atoms with Crippen LogP contribution in [0.3, 0.4) is 0 Å². The first kappa shape index (κ1) is 31.3. The summed E-state index contributed by atoms with van der Waals surface area (Å²) in [5, 5.41) is 16.7. The summed E-state index contributed by atoms with van der Waals surface area (Å²) in [6, 6.07) is 3.78. The normalized spacial score (nSPS) is 13.7. The molecular weight excluding hydrogens is 473 g/mol. The third kappa shape index (κ3) is 11.7. The Hall–Kier alpha value is -1.75. The molecule has 0 bridgehead atoms. The van der Waals surface area contributed by atoms with E-state index in [9.17, 15) is 22.7 Å². The molecule has 0 aliphatic carbocycles. The van der Waals surface area contributed by atoms with Gasteiger partial charge in [-0.2, -0.15) is 0 Å². The van der Waals surface area contributed by atoms with Crippen molar-refractivity contribution in [2.45, 2.75) is 71.9 Å².